The summed E-state index contributed by atoms with van der Waals surface area (Å²) in [5.74, 6) is 2.16. The van der Waals surface area contributed by atoms with E-state index in [0.717, 1.165) is 30.4 Å². The fourth-order valence-electron chi connectivity index (χ4n) is 3.09. The number of nitrogens with one attached hydrogen (secondary N) is 1. The zero-order chi connectivity index (χ0) is 18.6. The Morgan fingerprint density at radius 2 is 1.93 bits per heavy atom. The summed E-state index contributed by atoms with van der Waals surface area (Å²) in [4.78, 5) is 19.5. The molecule has 2 saturated heterocycles. The SMILES string of the molecule is COc1ccc(N=C2NC(=O)C(=Cc3ccc(N4CCCCC4)o3)S2)cc1. The molecule has 1 aromatic carbocycles. The first kappa shape index (κ1) is 17.7. The first-order chi connectivity index (χ1) is 13.2. The second-order valence-corrected chi connectivity index (χ2v) is 7.43. The number of furan rings is 1. The van der Waals surface area contributed by atoms with Crippen molar-refractivity contribution < 1.29 is 13.9 Å². The predicted octanol–water partition coefficient (Wildman–Crippen LogP) is 4.17. The lowest BCUT2D eigenvalue weighted by Gasteiger charge is -2.25. The average molecular weight is 383 g/mol. The lowest BCUT2D eigenvalue weighted by molar-refractivity contribution is -0.115. The van der Waals surface area contributed by atoms with Crippen molar-refractivity contribution in [2.24, 2.45) is 4.99 Å². The van der Waals surface area contributed by atoms with Gasteiger partial charge in [-0.25, -0.2) is 4.99 Å². The van der Waals surface area contributed by atoms with Gasteiger partial charge in [-0.15, -0.1) is 0 Å². The van der Waals surface area contributed by atoms with Crippen molar-refractivity contribution in [3.8, 4) is 5.75 Å². The molecule has 1 amide bonds. The fourth-order valence-corrected chi connectivity index (χ4v) is 3.91. The molecule has 3 heterocycles. The van der Waals surface area contributed by atoms with E-state index in [0.29, 0.717) is 15.8 Å². The highest BCUT2D eigenvalue weighted by atomic mass is 32.2. The summed E-state index contributed by atoms with van der Waals surface area (Å²) in [7, 11) is 1.62. The summed E-state index contributed by atoms with van der Waals surface area (Å²) in [6.45, 7) is 2.05. The minimum atomic E-state index is -0.164. The van der Waals surface area contributed by atoms with Gasteiger partial charge in [0, 0.05) is 25.2 Å². The zero-order valence-corrected chi connectivity index (χ0v) is 15.9. The molecule has 0 atom stereocenters. The first-order valence-corrected chi connectivity index (χ1v) is 9.81. The Hall–Kier alpha value is -2.67. The maximum absolute atomic E-state index is 12.2. The summed E-state index contributed by atoms with van der Waals surface area (Å²) < 4.78 is 11.1. The molecule has 7 heteroatoms. The minimum absolute atomic E-state index is 0.164. The largest absolute Gasteiger partial charge is 0.497 e. The number of amidine groups is 1. The highest BCUT2D eigenvalue weighted by molar-refractivity contribution is 8.18. The molecule has 2 fully saturated rings. The Labute approximate surface area is 162 Å². The maximum Gasteiger partial charge on any atom is 0.264 e. The third-order valence-corrected chi connectivity index (χ3v) is 5.42. The molecule has 2 aliphatic heterocycles. The number of carbonyl (C=O) groups is 1. The highest BCUT2D eigenvalue weighted by Gasteiger charge is 2.24. The molecule has 0 bridgehead atoms. The van der Waals surface area contributed by atoms with E-state index in [4.69, 9.17) is 9.15 Å². The van der Waals surface area contributed by atoms with E-state index in [1.807, 2.05) is 36.4 Å². The summed E-state index contributed by atoms with van der Waals surface area (Å²) >= 11 is 1.31. The maximum atomic E-state index is 12.2. The Morgan fingerprint density at radius 3 is 2.67 bits per heavy atom. The van der Waals surface area contributed by atoms with Crippen molar-refractivity contribution in [1.82, 2.24) is 5.32 Å². The van der Waals surface area contributed by atoms with E-state index >= 15 is 0 Å². The number of hydrogen-bond acceptors (Lipinski definition) is 6. The number of aliphatic imine (C=N–C) groups is 1. The molecule has 0 spiro atoms. The predicted molar refractivity (Wildman–Crippen MR) is 109 cm³/mol. The fraction of sp³-hybridized carbons (Fsp3) is 0.300. The quantitative estimate of drug-likeness (QED) is 0.803. The zero-order valence-electron chi connectivity index (χ0n) is 15.1. The van der Waals surface area contributed by atoms with Gasteiger partial charge in [0.2, 0.25) is 0 Å². The van der Waals surface area contributed by atoms with Crippen molar-refractivity contribution in [2.75, 3.05) is 25.1 Å². The molecule has 0 radical (unpaired) electrons. The molecule has 0 saturated carbocycles. The van der Waals surface area contributed by atoms with Gasteiger partial charge in [-0.05, 0) is 61.4 Å². The van der Waals surface area contributed by atoms with Crippen molar-refractivity contribution in [3.63, 3.8) is 0 Å². The Bertz CT molecular complexity index is 880. The van der Waals surface area contributed by atoms with Crippen molar-refractivity contribution in [1.29, 1.82) is 0 Å². The number of hydrogen-bond donors (Lipinski definition) is 1. The van der Waals surface area contributed by atoms with Crippen LogP contribution in [-0.4, -0.2) is 31.3 Å². The van der Waals surface area contributed by atoms with Gasteiger partial charge in [-0.1, -0.05) is 0 Å². The van der Waals surface area contributed by atoms with E-state index in [1.165, 1.54) is 31.0 Å². The smallest absolute Gasteiger partial charge is 0.264 e. The molecule has 1 N–H and O–H groups in total. The number of thioether (sulfide) groups is 1. The number of nitrogens with zero attached hydrogens (tertiary/aromatic N) is 2. The van der Waals surface area contributed by atoms with Gasteiger partial charge in [0.05, 0.1) is 17.7 Å². The van der Waals surface area contributed by atoms with Gasteiger partial charge in [-0.2, -0.15) is 0 Å². The van der Waals surface area contributed by atoms with E-state index in [9.17, 15) is 4.79 Å². The van der Waals surface area contributed by atoms with Crippen LogP contribution in [0.5, 0.6) is 5.75 Å². The molecule has 140 valence electrons. The van der Waals surface area contributed by atoms with Crippen molar-refractivity contribution in [3.05, 3.63) is 47.1 Å². The highest BCUT2D eigenvalue weighted by Crippen LogP contribution is 2.30. The number of methoxy groups -OCH3 is 1. The second kappa shape index (κ2) is 7.92. The van der Waals surface area contributed by atoms with Gasteiger partial charge in [0.25, 0.3) is 5.91 Å². The molecule has 1 aromatic heterocycles. The van der Waals surface area contributed by atoms with Crippen LogP contribution in [0, 0.1) is 0 Å². The molecule has 4 rings (SSSR count). The topological polar surface area (TPSA) is 67.1 Å². The van der Waals surface area contributed by atoms with Crippen LogP contribution in [0.4, 0.5) is 11.6 Å². The molecule has 27 heavy (non-hydrogen) atoms. The van der Waals surface area contributed by atoms with Crippen LogP contribution < -0.4 is 15.0 Å². The van der Waals surface area contributed by atoms with E-state index in [1.54, 1.807) is 13.2 Å². The van der Waals surface area contributed by atoms with E-state index in [2.05, 4.69) is 15.2 Å². The van der Waals surface area contributed by atoms with Crippen molar-refractivity contribution >= 4 is 40.5 Å². The molecule has 0 unspecified atom stereocenters. The number of benzene rings is 1. The monoisotopic (exact) mass is 383 g/mol. The molecule has 6 nitrogen and oxygen atoms in total. The van der Waals surface area contributed by atoms with Crippen LogP contribution >= 0.6 is 11.8 Å². The van der Waals surface area contributed by atoms with Crippen LogP contribution in [0.3, 0.4) is 0 Å². The number of rotatable bonds is 4. The third kappa shape index (κ3) is 4.19. The Kier molecular flexibility index (Phi) is 5.20. The summed E-state index contributed by atoms with van der Waals surface area (Å²) in [5.41, 5.74) is 0.755. The van der Waals surface area contributed by atoms with Crippen molar-refractivity contribution in [2.45, 2.75) is 19.3 Å². The Balaban J connectivity index is 1.47. The molecular formula is C20H21N3O3S. The number of carbonyl (C=O) groups excluding carboxylic acids is 1. The summed E-state index contributed by atoms with van der Waals surface area (Å²) in [6, 6.07) is 11.2. The number of piperidine rings is 1. The van der Waals surface area contributed by atoms with E-state index < -0.39 is 0 Å². The molecule has 2 aromatic rings. The lowest BCUT2D eigenvalue weighted by Crippen LogP contribution is -2.28. The minimum Gasteiger partial charge on any atom is -0.497 e. The standard InChI is InChI=1S/C20H21N3O3S/c1-25-15-7-5-14(6-8-15)21-20-22-19(24)17(27-20)13-16-9-10-18(26-16)23-11-3-2-4-12-23/h5-10,13H,2-4,11-12H2,1H3,(H,21,22,24). The normalized spacial score (nSPS) is 20.3. The Morgan fingerprint density at radius 1 is 1.15 bits per heavy atom. The van der Waals surface area contributed by atoms with Crippen LogP contribution in [-0.2, 0) is 4.79 Å². The molecular weight excluding hydrogens is 362 g/mol. The second-order valence-electron chi connectivity index (χ2n) is 6.40. The van der Waals surface area contributed by atoms with Gasteiger partial charge >= 0.3 is 0 Å². The molecule has 2 aliphatic rings. The lowest BCUT2D eigenvalue weighted by atomic mass is 10.1. The summed E-state index contributed by atoms with van der Waals surface area (Å²) in [5, 5.41) is 3.35. The van der Waals surface area contributed by atoms with Gasteiger partial charge in [0.1, 0.15) is 11.5 Å². The van der Waals surface area contributed by atoms with Crippen LogP contribution in [0.25, 0.3) is 6.08 Å². The first-order valence-electron chi connectivity index (χ1n) is 9.00. The molecule has 0 aliphatic carbocycles. The van der Waals surface area contributed by atoms with E-state index in [-0.39, 0.29) is 5.91 Å². The van der Waals surface area contributed by atoms with Gasteiger partial charge in [-0.3, -0.25) is 4.79 Å². The van der Waals surface area contributed by atoms with Crippen LogP contribution in [0.1, 0.15) is 25.0 Å². The third-order valence-electron chi connectivity index (χ3n) is 4.51. The average Bonchev–Trinajstić information content (AvgIpc) is 3.30. The van der Waals surface area contributed by atoms with Gasteiger partial charge in [0.15, 0.2) is 11.1 Å². The van der Waals surface area contributed by atoms with Crippen LogP contribution in [0.15, 0.2) is 50.7 Å². The number of ether oxygens (including phenoxy) is 1. The summed E-state index contributed by atoms with van der Waals surface area (Å²) in [6.07, 6.45) is 5.44. The number of amides is 1. The van der Waals surface area contributed by atoms with Crippen LogP contribution in [0.2, 0.25) is 0 Å². The number of anilines is 1. The van der Waals surface area contributed by atoms with Gasteiger partial charge < -0.3 is 19.4 Å².